The molecule has 0 aliphatic heterocycles. The molecule has 0 heterocycles. The van der Waals surface area contributed by atoms with E-state index < -0.39 is 0 Å². The largest absolute Gasteiger partial charge is 0.462 e. The molecule has 0 aromatic rings. The van der Waals surface area contributed by atoms with Gasteiger partial charge in [-0.1, -0.05) is 25.5 Å². The summed E-state index contributed by atoms with van der Waals surface area (Å²) in [7, 11) is 0. The molecular formula is C26H35NO4. The first-order valence-corrected chi connectivity index (χ1v) is 11.8. The minimum Gasteiger partial charge on any atom is -0.462 e. The van der Waals surface area contributed by atoms with E-state index in [1.54, 1.807) is 0 Å². The van der Waals surface area contributed by atoms with Gasteiger partial charge in [0, 0.05) is 20.3 Å². The predicted octanol–water partition coefficient (Wildman–Crippen LogP) is 5.26. The zero-order valence-corrected chi connectivity index (χ0v) is 19.3. The standard InChI is InChI=1S/C26H35NO4/c1-16(28)30-15-18(14-27)22-7-8-23-21-6-5-19-13-20(31-17(2)29)9-11-25(19,3)24(21)10-12-26(22,23)4/h5,20-21,23-24H,6-13,15H2,1-4H3. The van der Waals surface area contributed by atoms with Gasteiger partial charge in [0.15, 0.2) is 0 Å². The molecule has 6 atom stereocenters. The van der Waals surface area contributed by atoms with E-state index in [0.717, 1.165) is 44.9 Å². The molecule has 0 saturated heterocycles. The first kappa shape index (κ1) is 22.1. The van der Waals surface area contributed by atoms with Crippen LogP contribution in [-0.2, 0) is 19.1 Å². The van der Waals surface area contributed by atoms with Gasteiger partial charge in [-0.2, -0.15) is 5.26 Å². The average molecular weight is 426 g/mol. The first-order chi connectivity index (χ1) is 14.7. The van der Waals surface area contributed by atoms with Gasteiger partial charge < -0.3 is 9.47 Å². The molecule has 0 aromatic heterocycles. The highest BCUT2D eigenvalue weighted by Gasteiger charge is 2.57. The molecule has 4 aliphatic rings. The molecule has 168 valence electrons. The van der Waals surface area contributed by atoms with Gasteiger partial charge in [0.25, 0.3) is 0 Å². The van der Waals surface area contributed by atoms with E-state index in [-0.39, 0.29) is 35.5 Å². The number of carbonyl (C=O) groups is 2. The second-order valence-electron chi connectivity index (χ2n) is 10.6. The van der Waals surface area contributed by atoms with Crippen LogP contribution in [0.15, 0.2) is 22.8 Å². The molecule has 4 rings (SSSR count). The number of hydrogen-bond acceptors (Lipinski definition) is 5. The topological polar surface area (TPSA) is 76.4 Å². The summed E-state index contributed by atoms with van der Waals surface area (Å²) in [5.41, 5.74) is 3.62. The van der Waals surface area contributed by atoms with Crippen LogP contribution in [0, 0.1) is 39.9 Å². The molecule has 0 aromatic carbocycles. The summed E-state index contributed by atoms with van der Waals surface area (Å²) >= 11 is 0. The highest BCUT2D eigenvalue weighted by Crippen LogP contribution is 2.66. The fourth-order valence-electron chi connectivity index (χ4n) is 7.63. The van der Waals surface area contributed by atoms with Crippen molar-refractivity contribution >= 4 is 11.9 Å². The minimum absolute atomic E-state index is 0.0303. The number of carbonyl (C=O) groups excluding carboxylic acids is 2. The smallest absolute Gasteiger partial charge is 0.302 e. The van der Waals surface area contributed by atoms with Crippen molar-refractivity contribution < 1.29 is 19.1 Å². The van der Waals surface area contributed by atoms with E-state index in [2.05, 4.69) is 26.0 Å². The van der Waals surface area contributed by atoms with Crippen molar-refractivity contribution in [2.45, 2.75) is 85.2 Å². The highest BCUT2D eigenvalue weighted by atomic mass is 16.5. The third kappa shape index (κ3) is 3.73. The van der Waals surface area contributed by atoms with Crippen LogP contribution in [0.5, 0.6) is 0 Å². The SMILES string of the molecule is CC(=O)OCC(C#N)=C1CCC2C3CC=C4CC(OC(C)=O)CCC4(C)C3CCC12C. The summed E-state index contributed by atoms with van der Waals surface area (Å²) in [6.45, 7) is 7.79. The Hall–Kier alpha value is -2.09. The summed E-state index contributed by atoms with van der Waals surface area (Å²) in [5, 5.41) is 9.77. The summed E-state index contributed by atoms with van der Waals surface area (Å²) in [6.07, 6.45) is 10.8. The highest BCUT2D eigenvalue weighted by molar-refractivity contribution is 5.66. The first-order valence-electron chi connectivity index (χ1n) is 11.8. The minimum atomic E-state index is -0.334. The van der Waals surface area contributed by atoms with Gasteiger partial charge >= 0.3 is 11.9 Å². The van der Waals surface area contributed by atoms with E-state index in [9.17, 15) is 14.9 Å². The average Bonchev–Trinajstić information content (AvgIpc) is 3.05. The van der Waals surface area contributed by atoms with E-state index in [1.807, 2.05) is 0 Å². The monoisotopic (exact) mass is 425 g/mol. The molecule has 5 heteroatoms. The van der Waals surface area contributed by atoms with Crippen LogP contribution in [0.1, 0.15) is 79.1 Å². The lowest BCUT2D eigenvalue weighted by atomic mass is 9.47. The number of rotatable bonds is 3. The number of nitriles is 1. The van der Waals surface area contributed by atoms with Gasteiger partial charge in [0.05, 0.1) is 11.6 Å². The third-order valence-corrected chi connectivity index (χ3v) is 9.09. The number of hydrogen-bond donors (Lipinski definition) is 0. The summed E-state index contributed by atoms with van der Waals surface area (Å²) in [4.78, 5) is 22.7. The van der Waals surface area contributed by atoms with Crippen molar-refractivity contribution in [1.29, 1.82) is 5.26 Å². The van der Waals surface area contributed by atoms with Crippen LogP contribution in [-0.4, -0.2) is 24.6 Å². The Morgan fingerprint density at radius 1 is 1.10 bits per heavy atom. The quantitative estimate of drug-likeness (QED) is 0.350. The van der Waals surface area contributed by atoms with Crippen LogP contribution in [0.2, 0.25) is 0 Å². The maximum atomic E-state index is 11.4. The lowest BCUT2D eigenvalue weighted by Gasteiger charge is -2.57. The normalized spacial score (nSPS) is 40.4. The Morgan fingerprint density at radius 3 is 2.48 bits per heavy atom. The fraction of sp³-hybridized carbons (Fsp3) is 0.731. The molecule has 3 saturated carbocycles. The number of esters is 2. The maximum absolute atomic E-state index is 11.4. The van der Waals surface area contributed by atoms with Crippen molar-refractivity contribution in [3.8, 4) is 6.07 Å². The summed E-state index contributed by atoms with van der Waals surface area (Å²) in [6, 6.07) is 2.35. The molecule has 5 nitrogen and oxygen atoms in total. The van der Waals surface area contributed by atoms with Crippen molar-refractivity contribution in [2.24, 2.45) is 28.6 Å². The van der Waals surface area contributed by atoms with Crippen molar-refractivity contribution in [3.05, 3.63) is 22.8 Å². The molecule has 4 aliphatic carbocycles. The molecule has 6 unspecified atom stereocenters. The second kappa shape index (κ2) is 8.11. The van der Waals surface area contributed by atoms with Crippen LogP contribution in [0.4, 0.5) is 0 Å². The van der Waals surface area contributed by atoms with E-state index in [4.69, 9.17) is 9.47 Å². The second-order valence-corrected chi connectivity index (χ2v) is 10.6. The van der Waals surface area contributed by atoms with Gasteiger partial charge in [-0.15, -0.1) is 0 Å². The van der Waals surface area contributed by atoms with Crippen LogP contribution in [0.3, 0.4) is 0 Å². The molecule has 31 heavy (non-hydrogen) atoms. The molecular weight excluding hydrogens is 390 g/mol. The molecule has 0 amide bonds. The summed E-state index contributed by atoms with van der Waals surface area (Å²) < 4.78 is 10.7. The Balaban J connectivity index is 1.58. The summed E-state index contributed by atoms with van der Waals surface area (Å²) in [5.74, 6) is 1.34. The van der Waals surface area contributed by atoms with Gasteiger partial charge in [-0.3, -0.25) is 9.59 Å². The van der Waals surface area contributed by atoms with Gasteiger partial charge in [-0.05, 0) is 79.1 Å². The number of ether oxygens (including phenoxy) is 2. The van der Waals surface area contributed by atoms with Gasteiger partial charge in [0.2, 0.25) is 0 Å². The van der Waals surface area contributed by atoms with Gasteiger partial charge in [0.1, 0.15) is 12.7 Å². The maximum Gasteiger partial charge on any atom is 0.302 e. The Morgan fingerprint density at radius 2 is 1.81 bits per heavy atom. The fourth-order valence-corrected chi connectivity index (χ4v) is 7.63. The zero-order valence-electron chi connectivity index (χ0n) is 19.3. The van der Waals surface area contributed by atoms with Crippen molar-refractivity contribution in [2.75, 3.05) is 6.61 Å². The number of nitrogens with zero attached hydrogens (tertiary/aromatic N) is 1. The van der Waals surface area contributed by atoms with Crippen LogP contribution < -0.4 is 0 Å². The molecule has 0 N–H and O–H groups in total. The molecule has 0 spiro atoms. The lowest BCUT2D eigenvalue weighted by molar-refractivity contribution is -0.148. The molecule has 3 fully saturated rings. The Labute approximate surface area is 185 Å². The zero-order chi connectivity index (χ0) is 22.4. The van der Waals surface area contributed by atoms with Crippen molar-refractivity contribution in [3.63, 3.8) is 0 Å². The van der Waals surface area contributed by atoms with E-state index in [1.165, 1.54) is 31.4 Å². The Bertz CT molecular complexity index is 880. The van der Waals surface area contributed by atoms with E-state index in [0.29, 0.717) is 23.3 Å². The number of fused-ring (bicyclic) bond motifs is 5. The van der Waals surface area contributed by atoms with Crippen molar-refractivity contribution in [1.82, 2.24) is 0 Å². The van der Waals surface area contributed by atoms with Crippen LogP contribution in [0.25, 0.3) is 0 Å². The van der Waals surface area contributed by atoms with Gasteiger partial charge in [-0.25, -0.2) is 0 Å². The molecule has 0 bridgehead atoms. The van der Waals surface area contributed by atoms with Crippen LogP contribution >= 0.6 is 0 Å². The number of allylic oxidation sites excluding steroid dienone is 2. The third-order valence-electron chi connectivity index (χ3n) is 9.09. The predicted molar refractivity (Wildman–Crippen MR) is 117 cm³/mol. The Kier molecular flexibility index (Phi) is 5.79. The van der Waals surface area contributed by atoms with E-state index >= 15 is 0 Å². The lowest BCUT2D eigenvalue weighted by Crippen LogP contribution is -2.49. The molecule has 0 radical (unpaired) electrons.